The van der Waals surface area contributed by atoms with E-state index in [2.05, 4.69) is 21.9 Å². The van der Waals surface area contributed by atoms with Crippen LogP contribution in [0.2, 0.25) is 0 Å². The lowest BCUT2D eigenvalue weighted by atomic mass is 10.0. The number of fused-ring (bicyclic) bond motifs is 1. The Hall–Kier alpha value is -1.69. The monoisotopic (exact) mass is 278 g/mol. The average Bonchev–Trinajstić information content (AvgIpc) is 2.84. The molecule has 0 aliphatic carbocycles. The second kappa shape index (κ2) is 6.65. The number of imidazole rings is 1. The molecule has 0 aromatic carbocycles. The fourth-order valence-corrected chi connectivity index (χ4v) is 2.50. The lowest BCUT2D eigenvalue weighted by Crippen LogP contribution is -2.21. The Kier molecular flexibility index (Phi) is 4.89. The Labute approximate surface area is 117 Å². The molecule has 0 aliphatic rings. The predicted molar refractivity (Wildman–Crippen MR) is 77.6 cm³/mol. The molecule has 2 aromatic rings. The van der Waals surface area contributed by atoms with Gasteiger partial charge in [0.25, 0.3) is 5.56 Å². The van der Waals surface area contributed by atoms with Crippen LogP contribution in [0.1, 0.15) is 52.0 Å². The van der Waals surface area contributed by atoms with Crippen molar-refractivity contribution in [3.8, 4) is 0 Å². The van der Waals surface area contributed by atoms with Crippen molar-refractivity contribution < 1.29 is 5.11 Å². The molecule has 2 rings (SSSR count). The van der Waals surface area contributed by atoms with Crippen molar-refractivity contribution >= 4 is 11.2 Å². The van der Waals surface area contributed by atoms with E-state index in [9.17, 15) is 9.90 Å². The molecule has 2 atom stereocenters. The van der Waals surface area contributed by atoms with Gasteiger partial charge in [0.15, 0.2) is 11.2 Å². The molecule has 0 aliphatic heterocycles. The molecule has 0 bridgehead atoms. The third-order valence-corrected chi connectivity index (χ3v) is 3.63. The fourth-order valence-electron chi connectivity index (χ4n) is 2.50. The molecule has 20 heavy (non-hydrogen) atoms. The molecule has 0 saturated carbocycles. The van der Waals surface area contributed by atoms with Crippen molar-refractivity contribution in [2.45, 2.75) is 58.1 Å². The normalized spacial score (nSPS) is 14.6. The van der Waals surface area contributed by atoms with Gasteiger partial charge in [-0.25, -0.2) is 9.97 Å². The van der Waals surface area contributed by atoms with Crippen molar-refractivity contribution in [2.24, 2.45) is 0 Å². The van der Waals surface area contributed by atoms with E-state index in [1.54, 1.807) is 13.3 Å². The molecule has 0 saturated heterocycles. The molecule has 0 unspecified atom stereocenters. The third-order valence-electron chi connectivity index (χ3n) is 3.63. The molecular formula is C14H22N4O2. The van der Waals surface area contributed by atoms with Gasteiger partial charge in [0.05, 0.1) is 24.8 Å². The van der Waals surface area contributed by atoms with Crippen LogP contribution in [0.25, 0.3) is 11.2 Å². The van der Waals surface area contributed by atoms with Crippen LogP contribution in [0.4, 0.5) is 0 Å². The Morgan fingerprint density at radius 1 is 1.35 bits per heavy atom. The lowest BCUT2D eigenvalue weighted by Gasteiger charge is -2.21. The molecule has 110 valence electrons. The minimum absolute atomic E-state index is 0.0915. The minimum atomic E-state index is -0.505. The first-order valence-corrected chi connectivity index (χ1v) is 7.23. The van der Waals surface area contributed by atoms with E-state index in [1.165, 1.54) is 19.2 Å². The van der Waals surface area contributed by atoms with Crippen LogP contribution in [-0.4, -0.2) is 30.7 Å². The molecule has 2 aromatic heterocycles. The highest BCUT2D eigenvalue weighted by Crippen LogP contribution is 2.23. The standard InChI is InChI=1S/C14H22N4O2/c1-3-4-5-6-7-11(10(2)19)18-9-17-12-13(18)15-8-16-14(12)20/h8-11,19H,3-7H2,1-2H3,(H,15,16,20)/t10-,11+/m0/s1. The molecule has 6 nitrogen and oxygen atoms in total. The van der Waals surface area contributed by atoms with E-state index in [4.69, 9.17) is 0 Å². The van der Waals surface area contributed by atoms with Crippen LogP contribution in [0.5, 0.6) is 0 Å². The molecule has 0 spiro atoms. The molecule has 2 N–H and O–H groups in total. The summed E-state index contributed by atoms with van der Waals surface area (Å²) in [6, 6.07) is -0.0915. The van der Waals surface area contributed by atoms with Crippen LogP contribution in [-0.2, 0) is 0 Å². The number of rotatable bonds is 7. The summed E-state index contributed by atoms with van der Waals surface area (Å²) in [5.74, 6) is 0. The molecule has 0 fully saturated rings. The van der Waals surface area contributed by atoms with Crippen LogP contribution < -0.4 is 5.56 Å². The van der Waals surface area contributed by atoms with Gasteiger partial charge in [0.1, 0.15) is 0 Å². The number of hydrogen-bond donors (Lipinski definition) is 2. The van der Waals surface area contributed by atoms with Crippen molar-refractivity contribution in [3.05, 3.63) is 23.0 Å². The summed E-state index contributed by atoms with van der Waals surface area (Å²) < 4.78 is 1.82. The van der Waals surface area contributed by atoms with E-state index < -0.39 is 6.10 Å². The Balaban J connectivity index is 2.23. The first-order chi connectivity index (χ1) is 9.65. The van der Waals surface area contributed by atoms with Gasteiger partial charge in [-0.2, -0.15) is 0 Å². The van der Waals surface area contributed by atoms with Gasteiger partial charge in [0, 0.05) is 0 Å². The van der Waals surface area contributed by atoms with Crippen LogP contribution in [0.3, 0.4) is 0 Å². The number of aromatic amines is 1. The topological polar surface area (TPSA) is 83.8 Å². The number of hydrogen-bond acceptors (Lipinski definition) is 4. The number of aliphatic hydroxyl groups excluding tert-OH is 1. The van der Waals surface area contributed by atoms with Crippen molar-refractivity contribution in [3.63, 3.8) is 0 Å². The summed E-state index contributed by atoms with van der Waals surface area (Å²) in [6.07, 6.45) is 7.92. The second-order valence-electron chi connectivity index (χ2n) is 5.21. The maximum atomic E-state index is 11.6. The van der Waals surface area contributed by atoms with Gasteiger partial charge in [-0.3, -0.25) is 4.79 Å². The second-order valence-corrected chi connectivity index (χ2v) is 5.21. The zero-order valence-corrected chi connectivity index (χ0v) is 12.0. The first kappa shape index (κ1) is 14.7. The van der Waals surface area contributed by atoms with E-state index in [1.807, 2.05) is 4.57 Å². The Morgan fingerprint density at radius 3 is 2.85 bits per heavy atom. The maximum absolute atomic E-state index is 11.6. The van der Waals surface area contributed by atoms with Crippen molar-refractivity contribution in [1.29, 1.82) is 0 Å². The summed E-state index contributed by atoms with van der Waals surface area (Å²) in [7, 11) is 0. The lowest BCUT2D eigenvalue weighted by molar-refractivity contribution is 0.124. The first-order valence-electron chi connectivity index (χ1n) is 7.23. The maximum Gasteiger partial charge on any atom is 0.278 e. The number of nitrogens with zero attached hydrogens (tertiary/aromatic N) is 3. The van der Waals surface area contributed by atoms with Gasteiger partial charge in [0.2, 0.25) is 0 Å². The summed E-state index contributed by atoms with van der Waals surface area (Å²) >= 11 is 0. The SMILES string of the molecule is CCCCCC[C@H]([C@H](C)O)n1cnc2c(=O)[nH]cnc21. The Morgan fingerprint density at radius 2 is 2.15 bits per heavy atom. The molecule has 6 heteroatoms. The summed E-state index contributed by atoms with van der Waals surface area (Å²) in [5, 5.41) is 10.0. The Bertz CT molecular complexity index is 602. The van der Waals surface area contributed by atoms with Crippen molar-refractivity contribution in [1.82, 2.24) is 19.5 Å². The van der Waals surface area contributed by atoms with E-state index in [0.29, 0.717) is 11.2 Å². The summed E-state index contributed by atoms with van der Waals surface area (Å²) in [6.45, 7) is 3.94. The highest BCUT2D eigenvalue weighted by molar-refractivity contribution is 5.68. The van der Waals surface area contributed by atoms with Gasteiger partial charge < -0.3 is 14.7 Å². The number of unbranched alkanes of at least 4 members (excludes halogenated alkanes) is 3. The molecule has 2 heterocycles. The largest absolute Gasteiger partial charge is 0.391 e. The van der Waals surface area contributed by atoms with Gasteiger partial charge in [-0.15, -0.1) is 0 Å². The van der Waals surface area contributed by atoms with E-state index in [-0.39, 0.29) is 11.6 Å². The van der Waals surface area contributed by atoms with Crippen molar-refractivity contribution in [2.75, 3.05) is 0 Å². The highest BCUT2D eigenvalue weighted by atomic mass is 16.3. The molecule has 0 radical (unpaired) electrons. The smallest absolute Gasteiger partial charge is 0.278 e. The number of nitrogens with one attached hydrogen (secondary N) is 1. The van der Waals surface area contributed by atoms with E-state index >= 15 is 0 Å². The van der Waals surface area contributed by atoms with Gasteiger partial charge >= 0.3 is 0 Å². The number of aliphatic hydroxyl groups is 1. The molecular weight excluding hydrogens is 256 g/mol. The zero-order chi connectivity index (χ0) is 14.5. The summed E-state index contributed by atoms with van der Waals surface area (Å²) in [4.78, 5) is 22.5. The van der Waals surface area contributed by atoms with Gasteiger partial charge in [-0.05, 0) is 13.3 Å². The van der Waals surface area contributed by atoms with Crippen LogP contribution >= 0.6 is 0 Å². The van der Waals surface area contributed by atoms with Gasteiger partial charge in [-0.1, -0.05) is 32.6 Å². The minimum Gasteiger partial charge on any atom is -0.391 e. The number of H-pyrrole nitrogens is 1. The predicted octanol–water partition coefficient (Wildman–Crippen LogP) is 2.01. The quantitative estimate of drug-likeness (QED) is 0.759. The summed E-state index contributed by atoms with van der Waals surface area (Å²) in [5.41, 5.74) is 0.617. The zero-order valence-electron chi connectivity index (χ0n) is 12.0. The average molecular weight is 278 g/mol. The highest BCUT2D eigenvalue weighted by Gasteiger charge is 2.20. The van der Waals surface area contributed by atoms with E-state index in [0.717, 1.165) is 19.3 Å². The number of aromatic nitrogens is 4. The third kappa shape index (κ3) is 3.07. The molecule has 0 amide bonds. The van der Waals surface area contributed by atoms with Crippen LogP contribution in [0.15, 0.2) is 17.4 Å². The van der Waals surface area contributed by atoms with Crippen LogP contribution in [0, 0.1) is 0 Å². The fraction of sp³-hybridized carbons (Fsp3) is 0.643.